The van der Waals surface area contributed by atoms with Crippen LogP contribution in [0.15, 0.2) is 243 Å². The van der Waals surface area contributed by atoms with Gasteiger partial charge in [0.25, 0.3) is 25.9 Å². The predicted octanol–water partition coefficient (Wildman–Crippen LogP) is 27.4. The van der Waals surface area contributed by atoms with Crippen LogP contribution in [-0.4, -0.2) is 69.4 Å². The lowest BCUT2D eigenvalue weighted by Gasteiger charge is -2.12. The van der Waals surface area contributed by atoms with Gasteiger partial charge in [-0.15, -0.1) is 45.3 Å². The van der Waals surface area contributed by atoms with Crippen molar-refractivity contribution in [3.8, 4) is 69.0 Å². The number of carbonyl (C=O) groups excluding carboxylic acids is 8. The molecule has 0 radical (unpaired) electrons. The summed E-state index contributed by atoms with van der Waals surface area (Å²) >= 11 is 5.21. The molecule has 12 aromatic carbocycles. The second kappa shape index (κ2) is 43.7. The molecule has 0 aliphatic rings. The van der Waals surface area contributed by atoms with E-state index in [1.54, 1.807) is 146 Å². The first kappa shape index (κ1) is 96.5. The van der Waals surface area contributed by atoms with E-state index in [1.807, 2.05) is 174 Å². The highest BCUT2D eigenvalue weighted by molar-refractivity contribution is 7.22. The number of hydrogen-bond donors (Lipinski definition) is 4. The molecular formula is C109H92O20S4. The maximum atomic E-state index is 13.7. The fourth-order valence-electron chi connectivity index (χ4n) is 14.4. The Balaban J connectivity index is 0.000000160. The van der Waals surface area contributed by atoms with E-state index in [1.165, 1.54) is 70.4 Å². The van der Waals surface area contributed by atoms with E-state index in [2.05, 4.69) is 25.0 Å². The second-order valence-corrected chi connectivity index (χ2v) is 35.0. The molecule has 0 saturated heterocycles. The average molecular weight is 1850 g/mol. The summed E-state index contributed by atoms with van der Waals surface area (Å²) in [6.07, 6.45) is 11.8. The Morgan fingerprint density at radius 2 is 0.564 bits per heavy atom. The lowest BCUT2D eigenvalue weighted by atomic mass is 9.94. The minimum absolute atomic E-state index is 0. The van der Waals surface area contributed by atoms with E-state index in [-0.39, 0.29) is 53.6 Å². The molecule has 133 heavy (non-hydrogen) atoms. The molecule has 0 unspecified atom stereocenters. The Morgan fingerprint density at radius 1 is 0.263 bits per heavy atom. The lowest BCUT2D eigenvalue weighted by Crippen LogP contribution is -2.07. The van der Waals surface area contributed by atoms with Gasteiger partial charge in [-0.3, -0.25) is 38.4 Å². The van der Waals surface area contributed by atoms with E-state index in [0.29, 0.717) is 114 Å². The van der Waals surface area contributed by atoms with Crippen LogP contribution in [0.5, 0.6) is 69.0 Å². The maximum Gasteiger partial charge on any atom is 0.297 e. The fourth-order valence-corrected chi connectivity index (χ4v) is 18.8. The maximum absolute atomic E-state index is 13.7. The summed E-state index contributed by atoms with van der Waals surface area (Å²) in [4.78, 5) is 97.6. The number of phenols is 4. The van der Waals surface area contributed by atoms with Crippen LogP contribution in [0.25, 0.3) is 64.6 Å². The van der Waals surface area contributed by atoms with Gasteiger partial charge in [-0.25, -0.2) is 0 Å². The van der Waals surface area contributed by atoms with Gasteiger partial charge in [0.05, 0.1) is 25.0 Å². The number of ketones is 4. The Morgan fingerprint density at radius 3 is 0.910 bits per heavy atom. The van der Waals surface area contributed by atoms with Crippen LogP contribution in [0.3, 0.4) is 0 Å². The van der Waals surface area contributed by atoms with Crippen molar-refractivity contribution >= 4 is 159 Å². The van der Waals surface area contributed by atoms with Crippen molar-refractivity contribution in [2.24, 2.45) is 0 Å². The molecule has 0 atom stereocenters. The third-order valence-electron chi connectivity index (χ3n) is 21.9. The van der Waals surface area contributed by atoms with Crippen molar-refractivity contribution in [3.63, 3.8) is 0 Å². The monoisotopic (exact) mass is 1850 g/mol. The number of hydrogen-bond acceptors (Lipinski definition) is 24. The summed E-state index contributed by atoms with van der Waals surface area (Å²) in [6.45, 7) is 25.1. The van der Waals surface area contributed by atoms with E-state index >= 15 is 0 Å². The van der Waals surface area contributed by atoms with E-state index in [9.17, 15) is 58.8 Å². The summed E-state index contributed by atoms with van der Waals surface area (Å²) in [6, 6.07) is 64.3. The van der Waals surface area contributed by atoms with E-state index in [4.69, 9.17) is 18.9 Å². The van der Waals surface area contributed by atoms with Gasteiger partial charge in [0.2, 0.25) is 23.1 Å². The molecule has 0 spiro atoms. The highest BCUT2D eigenvalue weighted by Gasteiger charge is 2.30. The fraction of sp³-hybridized carbons (Fsp3) is 0.119. The molecule has 0 aliphatic heterocycles. The molecule has 0 aliphatic carbocycles. The molecule has 672 valence electrons. The normalized spacial score (nSPS) is 11.0. The number of phenolic OH excluding ortho intramolecular Hbond substituents is 4. The first-order valence-electron chi connectivity index (χ1n) is 41.2. The van der Waals surface area contributed by atoms with Crippen LogP contribution in [0.1, 0.15) is 157 Å². The molecule has 4 N–H and O–H groups in total. The minimum Gasteiger partial charge on any atom is -0.508 e. The highest BCUT2D eigenvalue weighted by Crippen LogP contribution is 2.49. The first-order valence-corrected chi connectivity index (χ1v) is 44.4. The Hall–Kier alpha value is -15.6. The van der Waals surface area contributed by atoms with Gasteiger partial charge in [0.15, 0.2) is 23.0 Å². The lowest BCUT2D eigenvalue weighted by molar-refractivity contribution is -0.124. The number of benzene rings is 12. The van der Waals surface area contributed by atoms with Crippen molar-refractivity contribution in [1.29, 1.82) is 0 Å². The summed E-state index contributed by atoms with van der Waals surface area (Å²) < 4.78 is 46.2. The number of thiophene rings is 4. The standard InChI is InChI=1S/4C27H22O5S.CH4/c1-16-4-10-22(18(3)17(16)2)25(30)27-26(23-11-7-20(29)14-24(23)33-27)32-21-8-5-19(6-9-21)12-13-31-15-28;1-16-12-18(3)23(13-17(16)2)25(30)27-26(22-9-6-20(29)14-24(22)33-27)32-21-7-4-19(5-8-21)10-11-31-15-28;1-16-12-17(2)18(3)23(13-16)25(30)27-26(22-9-6-20(29)14-24(22)33-27)32-21-7-4-19(5-8-21)10-11-31-15-28;1-16-4-5-17(2)24(18(16)3)25(30)27-26(22-11-8-20(29)14-23(22)33-27)32-21-9-6-19(7-10-21)12-13-31-15-28;/h4*4-15,29H,1-3H3;1H4/b13-12+;2*11-10+;13-12+;. The van der Waals surface area contributed by atoms with Crippen LogP contribution in [0, 0.1) is 83.1 Å². The zero-order valence-corrected chi connectivity index (χ0v) is 76.9. The molecule has 4 heterocycles. The van der Waals surface area contributed by atoms with Crippen molar-refractivity contribution in [2.45, 2.75) is 90.5 Å². The number of aryl methyl sites for hydroxylation is 8. The van der Waals surface area contributed by atoms with Gasteiger partial charge >= 0.3 is 0 Å². The zero-order valence-electron chi connectivity index (χ0n) is 73.7. The molecule has 0 bridgehead atoms. The molecule has 0 amide bonds. The number of ether oxygens (including phenoxy) is 8. The third-order valence-corrected chi connectivity index (χ3v) is 26.5. The smallest absolute Gasteiger partial charge is 0.297 e. The SMILES string of the molecule is C.Cc1cc(C)c(C(=O)c2sc3cc(O)ccc3c2Oc2ccc(/C=C/OC=O)cc2)cc1C.Cc1cc(C)c(C)c(C(=O)c2sc3cc(O)ccc3c2Oc2ccc(/C=C/OC=O)cc2)c1.Cc1ccc(C(=O)c2sc3cc(O)ccc3c2Oc2ccc(/C=C/OC=O)cc2)c(C)c1C.Cc1ccc(C)c(C(=O)c2sc3cc(O)ccc3c2Oc2ccc(/C=C/OC=O)cc2)c1C. The van der Waals surface area contributed by atoms with Crippen LogP contribution >= 0.6 is 45.3 Å². The van der Waals surface area contributed by atoms with Gasteiger partial charge in [-0.1, -0.05) is 97.9 Å². The van der Waals surface area contributed by atoms with Gasteiger partial charge in [0, 0.05) is 62.6 Å². The van der Waals surface area contributed by atoms with Gasteiger partial charge in [-0.05, 0) is 324 Å². The molecule has 20 nitrogen and oxygen atoms in total. The van der Waals surface area contributed by atoms with Gasteiger partial charge < -0.3 is 58.3 Å². The van der Waals surface area contributed by atoms with Crippen LogP contribution in [-0.2, 0) is 38.1 Å². The highest BCUT2D eigenvalue weighted by atomic mass is 32.1. The Bertz CT molecular complexity index is 7080. The van der Waals surface area contributed by atoms with Crippen LogP contribution in [0.4, 0.5) is 0 Å². The Kier molecular flexibility index (Phi) is 31.7. The molecular weight excluding hydrogens is 1760 g/mol. The minimum atomic E-state index is -0.114. The molecule has 24 heteroatoms. The van der Waals surface area contributed by atoms with Crippen molar-refractivity contribution in [2.75, 3.05) is 0 Å². The topological polar surface area (TPSA) is 291 Å². The van der Waals surface area contributed by atoms with Crippen LogP contribution < -0.4 is 18.9 Å². The van der Waals surface area contributed by atoms with Crippen molar-refractivity contribution in [3.05, 3.63) is 374 Å². The summed E-state index contributed by atoms with van der Waals surface area (Å²) in [5, 5.41) is 42.8. The van der Waals surface area contributed by atoms with E-state index in [0.717, 1.165) is 129 Å². The molecule has 16 aromatic rings. The average Bonchev–Trinajstić information content (AvgIpc) is 1.74. The number of aromatic hydroxyl groups is 4. The molecule has 0 fully saturated rings. The zero-order chi connectivity index (χ0) is 94.1. The Labute approximate surface area is 784 Å². The van der Waals surface area contributed by atoms with E-state index < -0.39 is 0 Å². The first-order chi connectivity index (χ1) is 63.5. The number of carbonyl (C=O) groups is 8. The molecule has 4 aromatic heterocycles. The van der Waals surface area contributed by atoms with Gasteiger partial charge in [0.1, 0.15) is 65.5 Å². The molecule has 0 saturated carbocycles. The van der Waals surface area contributed by atoms with Crippen molar-refractivity contribution < 1.29 is 96.7 Å². The molecule has 16 rings (SSSR count). The van der Waals surface area contributed by atoms with Crippen LogP contribution in [0.2, 0.25) is 0 Å². The van der Waals surface area contributed by atoms with Gasteiger partial charge in [-0.2, -0.15) is 0 Å². The number of fused-ring (bicyclic) bond motifs is 4. The second-order valence-electron chi connectivity index (χ2n) is 30.8. The number of rotatable bonds is 28. The largest absolute Gasteiger partial charge is 0.508 e. The summed E-state index contributed by atoms with van der Waals surface area (Å²) in [7, 11) is 0. The summed E-state index contributed by atoms with van der Waals surface area (Å²) in [5.74, 6) is 4.17. The third kappa shape index (κ3) is 22.8. The summed E-state index contributed by atoms with van der Waals surface area (Å²) in [5.41, 5.74) is 18.0. The predicted molar refractivity (Wildman–Crippen MR) is 528 cm³/mol. The quantitative estimate of drug-likeness (QED) is 0.0153. The van der Waals surface area contributed by atoms with Crippen molar-refractivity contribution in [1.82, 2.24) is 0 Å².